The lowest BCUT2D eigenvalue weighted by Crippen LogP contribution is -2.42. The number of aryl methyl sites for hydroxylation is 1. The fourth-order valence-corrected chi connectivity index (χ4v) is 4.58. The van der Waals surface area contributed by atoms with E-state index < -0.39 is 26.8 Å². The van der Waals surface area contributed by atoms with Crippen LogP contribution in [0.3, 0.4) is 0 Å². The number of carbonyl (C=O) groups is 1. The van der Waals surface area contributed by atoms with Crippen LogP contribution in [0, 0.1) is 5.92 Å². The van der Waals surface area contributed by atoms with E-state index in [9.17, 15) is 18.3 Å². The molecule has 2 heterocycles. The first-order chi connectivity index (χ1) is 16.0. The molecular weight excluding hydrogens is 454 g/mol. The van der Waals surface area contributed by atoms with Crippen molar-refractivity contribution >= 4 is 15.9 Å². The van der Waals surface area contributed by atoms with Gasteiger partial charge in [-0.3, -0.25) is 9.48 Å². The molecule has 1 aromatic heterocycles. The summed E-state index contributed by atoms with van der Waals surface area (Å²) in [6.45, 7) is 4.93. The van der Waals surface area contributed by atoms with Crippen molar-refractivity contribution in [2.24, 2.45) is 13.0 Å². The van der Waals surface area contributed by atoms with Gasteiger partial charge in [-0.15, -0.1) is 0 Å². The molecule has 3 aromatic rings. The second kappa shape index (κ2) is 8.88. The van der Waals surface area contributed by atoms with Crippen LogP contribution in [0.2, 0.25) is 0 Å². The summed E-state index contributed by atoms with van der Waals surface area (Å²) in [6, 6.07) is 14.1. The van der Waals surface area contributed by atoms with Crippen molar-refractivity contribution in [3.8, 4) is 16.9 Å². The van der Waals surface area contributed by atoms with Crippen molar-refractivity contribution in [3.63, 3.8) is 0 Å². The Labute approximate surface area is 199 Å². The zero-order valence-electron chi connectivity index (χ0n) is 19.6. The summed E-state index contributed by atoms with van der Waals surface area (Å²) < 4.78 is 33.8. The number of rotatable bonds is 5. The molecule has 2 aromatic carbocycles. The molecule has 1 amide bonds. The van der Waals surface area contributed by atoms with Crippen LogP contribution in [0.1, 0.15) is 48.5 Å². The number of nitrogens with zero attached hydrogens (tertiary/aromatic N) is 2. The summed E-state index contributed by atoms with van der Waals surface area (Å²) in [7, 11) is -1.99. The lowest BCUT2D eigenvalue weighted by molar-refractivity contribution is 0.0499. The van der Waals surface area contributed by atoms with Crippen LogP contribution in [0.25, 0.3) is 11.1 Å². The summed E-state index contributed by atoms with van der Waals surface area (Å²) in [5, 5.41) is 15.2. The normalized spacial score (nSPS) is 18.1. The van der Waals surface area contributed by atoms with Crippen LogP contribution in [0.15, 0.2) is 54.7 Å². The maximum atomic E-state index is 12.9. The molecule has 0 radical (unpaired) electrons. The number of hydrogen-bond acceptors (Lipinski definition) is 6. The summed E-state index contributed by atoms with van der Waals surface area (Å²) in [5.74, 6) is -0.265. The molecule has 2 N–H and O–H groups in total. The molecule has 1 aliphatic heterocycles. The molecule has 180 valence electrons. The maximum Gasteiger partial charge on any atom is 0.265 e. The Kier molecular flexibility index (Phi) is 6.26. The Morgan fingerprint density at radius 2 is 1.94 bits per heavy atom. The lowest BCUT2D eigenvalue weighted by atomic mass is 9.88. The molecule has 0 aliphatic carbocycles. The molecule has 2 atom stereocenters. The molecule has 8 nitrogen and oxygen atoms in total. The fraction of sp³-hybridized carbons (Fsp3) is 0.360. The van der Waals surface area contributed by atoms with Crippen LogP contribution in [0.4, 0.5) is 0 Å². The molecule has 0 fully saturated rings. The van der Waals surface area contributed by atoms with E-state index in [1.54, 1.807) is 47.3 Å². The first-order valence-corrected chi connectivity index (χ1v) is 12.5. The van der Waals surface area contributed by atoms with Gasteiger partial charge in [0.25, 0.3) is 5.91 Å². The highest BCUT2D eigenvalue weighted by Gasteiger charge is 2.33. The Morgan fingerprint density at radius 3 is 2.62 bits per heavy atom. The SMILES string of the molecule is Cn1nccc1C[C@@H]1COc2cc(-c3ccccc3C(=O)NS(=O)(=O)C(C)(C)C)ccc2[C@H]1O. The van der Waals surface area contributed by atoms with E-state index in [1.165, 1.54) is 20.8 Å². The van der Waals surface area contributed by atoms with Crippen molar-refractivity contribution in [1.29, 1.82) is 0 Å². The van der Waals surface area contributed by atoms with E-state index in [0.29, 0.717) is 35.5 Å². The lowest BCUT2D eigenvalue weighted by Gasteiger charge is -2.30. The van der Waals surface area contributed by atoms with Gasteiger partial charge in [0.1, 0.15) is 5.75 Å². The van der Waals surface area contributed by atoms with Crippen LogP contribution in [-0.4, -0.2) is 40.6 Å². The topological polar surface area (TPSA) is 111 Å². The molecule has 0 bridgehead atoms. The van der Waals surface area contributed by atoms with E-state index in [-0.39, 0.29) is 11.5 Å². The number of aliphatic hydroxyl groups is 1. The van der Waals surface area contributed by atoms with Crippen LogP contribution < -0.4 is 9.46 Å². The molecule has 0 saturated carbocycles. The van der Waals surface area contributed by atoms with Crippen LogP contribution in [0.5, 0.6) is 5.75 Å². The fourth-order valence-electron chi connectivity index (χ4n) is 3.92. The molecule has 0 unspecified atom stereocenters. The zero-order valence-corrected chi connectivity index (χ0v) is 20.5. The monoisotopic (exact) mass is 483 g/mol. The molecule has 34 heavy (non-hydrogen) atoms. The number of hydrogen-bond donors (Lipinski definition) is 2. The number of aromatic nitrogens is 2. The summed E-state index contributed by atoms with van der Waals surface area (Å²) >= 11 is 0. The van der Waals surface area contributed by atoms with Gasteiger partial charge in [0.2, 0.25) is 10.0 Å². The molecule has 9 heteroatoms. The summed E-state index contributed by atoms with van der Waals surface area (Å²) in [4.78, 5) is 12.9. The number of ether oxygens (including phenoxy) is 1. The third kappa shape index (κ3) is 4.58. The smallest absolute Gasteiger partial charge is 0.265 e. The first kappa shape index (κ1) is 24.0. The number of aliphatic hydroxyl groups excluding tert-OH is 1. The molecule has 0 spiro atoms. The van der Waals surface area contributed by atoms with Crippen molar-refractivity contribution in [3.05, 3.63) is 71.5 Å². The van der Waals surface area contributed by atoms with Gasteiger partial charge in [0.05, 0.1) is 17.5 Å². The minimum atomic E-state index is -3.86. The van der Waals surface area contributed by atoms with E-state index in [1.807, 2.05) is 19.2 Å². The largest absolute Gasteiger partial charge is 0.493 e. The highest BCUT2D eigenvalue weighted by atomic mass is 32.2. The Balaban J connectivity index is 1.61. The van der Waals surface area contributed by atoms with Gasteiger partial charge < -0.3 is 9.84 Å². The van der Waals surface area contributed by atoms with Crippen LogP contribution in [-0.2, 0) is 23.5 Å². The van der Waals surface area contributed by atoms with Crippen molar-refractivity contribution in [2.45, 2.75) is 38.0 Å². The van der Waals surface area contributed by atoms with E-state index in [2.05, 4.69) is 9.82 Å². The maximum absolute atomic E-state index is 12.9. The zero-order chi connectivity index (χ0) is 24.7. The Bertz CT molecular complexity index is 1320. The highest BCUT2D eigenvalue weighted by Crippen LogP contribution is 2.39. The van der Waals surface area contributed by atoms with Gasteiger partial charge in [-0.2, -0.15) is 5.10 Å². The standard InChI is InChI=1S/C25H29N3O5S/c1-25(2,3)34(31,32)27-24(30)20-8-6-5-7-19(20)16-9-10-21-22(14-16)33-15-17(23(21)29)13-18-11-12-26-28(18)4/h5-12,14,17,23,29H,13,15H2,1-4H3,(H,27,30)/t17-,23+/m1/s1. The number of nitrogens with one attached hydrogen (secondary N) is 1. The van der Waals surface area contributed by atoms with Crippen molar-refractivity contribution < 1.29 is 23.1 Å². The van der Waals surface area contributed by atoms with Gasteiger partial charge in [0, 0.05) is 36.0 Å². The number of fused-ring (bicyclic) bond motifs is 1. The molecular formula is C25H29N3O5S. The van der Waals surface area contributed by atoms with Gasteiger partial charge in [-0.1, -0.05) is 30.3 Å². The molecule has 4 rings (SSSR count). The van der Waals surface area contributed by atoms with Crippen molar-refractivity contribution in [1.82, 2.24) is 14.5 Å². The number of carbonyl (C=O) groups excluding carboxylic acids is 1. The number of benzene rings is 2. The van der Waals surface area contributed by atoms with Gasteiger partial charge >= 0.3 is 0 Å². The van der Waals surface area contributed by atoms with E-state index in [4.69, 9.17) is 4.74 Å². The number of amides is 1. The predicted molar refractivity (Wildman–Crippen MR) is 129 cm³/mol. The van der Waals surface area contributed by atoms with E-state index >= 15 is 0 Å². The summed E-state index contributed by atoms with van der Waals surface area (Å²) in [6.07, 6.45) is 1.65. The predicted octanol–water partition coefficient (Wildman–Crippen LogP) is 3.23. The quantitative estimate of drug-likeness (QED) is 0.577. The van der Waals surface area contributed by atoms with Crippen molar-refractivity contribution in [2.75, 3.05) is 6.61 Å². The second-order valence-electron chi connectivity index (χ2n) is 9.51. The minimum absolute atomic E-state index is 0.116. The third-order valence-electron chi connectivity index (χ3n) is 6.14. The second-order valence-corrected chi connectivity index (χ2v) is 11.9. The number of sulfonamides is 1. The average Bonchev–Trinajstić information content (AvgIpc) is 3.18. The third-order valence-corrected chi connectivity index (χ3v) is 8.21. The highest BCUT2D eigenvalue weighted by molar-refractivity contribution is 7.91. The Morgan fingerprint density at radius 1 is 1.21 bits per heavy atom. The minimum Gasteiger partial charge on any atom is -0.493 e. The first-order valence-electron chi connectivity index (χ1n) is 11.1. The summed E-state index contributed by atoms with van der Waals surface area (Å²) in [5.41, 5.74) is 3.19. The van der Waals surface area contributed by atoms with E-state index in [0.717, 1.165) is 5.69 Å². The molecule has 0 saturated heterocycles. The average molecular weight is 484 g/mol. The van der Waals surface area contributed by atoms with Crippen LogP contribution >= 0.6 is 0 Å². The van der Waals surface area contributed by atoms with Gasteiger partial charge in [-0.05, 0) is 56.5 Å². The van der Waals surface area contributed by atoms with Gasteiger partial charge in [0.15, 0.2) is 0 Å². The molecule has 1 aliphatic rings. The Hall–Kier alpha value is -3.17. The van der Waals surface area contributed by atoms with Gasteiger partial charge in [-0.25, -0.2) is 13.1 Å².